The van der Waals surface area contributed by atoms with Gasteiger partial charge < -0.3 is 14.5 Å². The maximum absolute atomic E-state index is 14.6. The average Bonchev–Trinajstić information content (AvgIpc) is 3.27. The Kier molecular flexibility index (Phi) is 8.29. The fourth-order valence-corrected chi connectivity index (χ4v) is 4.75. The number of rotatable bonds is 9. The number of ketones is 1. The van der Waals surface area contributed by atoms with Gasteiger partial charge in [-0.05, 0) is 57.0 Å². The zero-order valence-corrected chi connectivity index (χ0v) is 19.9. The van der Waals surface area contributed by atoms with Gasteiger partial charge in [0.05, 0.1) is 18.7 Å². The monoisotopic (exact) mass is 467 g/mol. The van der Waals surface area contributed by atoms with Crippen LogP contribution in [0.25, 0.3) is 0 Å². The topological polar surface area (TPSA) is 53.1 Å². The first-order valence-electron chi connectivity index (χ1n) is 12.3. The zero-order valence-electron chi connectivity index (χ0n) is 19.9. The number of ether oxygens (including phenoxy) is 1. The van der Waals surface area contributed by atoms with Gasteiger partial charge in [0.2, 0.25) is 0 Å². The van der Waals surface area contributed by atoms with Gasteiger partial charge in [-0.3, -0.25) is 14.5 Å². The highest BCUT2D eigenvalue weighted by Crippen LogP contribution is 2.19. The molecular weight excluding hydrogens is 433 g/mol. The molecule has 1 atom stereocenters. The van der Waals surface area contributed by atoms with E-state index in [-0.39, 0.29) is 23.8 Å². The summed E-state index contributed by atoms with van der Waals surface area (Å²) in [5.41, 5.74) is 0.753. The number of nitrogens with zero attached hydrogens (tertiary/aromatic N) is 3. The largest absolute Gasteiger partial charge is 0.493 e. The zero-order chi connectivity index (χ0) is 23.9. The molecule has 0 aliphatic carbocycles. The van der Waals surface area contributed by atoms with Crippen LogP contribution in [0, 0.1) is 5.82 Å². The van der Waals surface area contributed by atoms with Crippen LogP contribution in [0.5, 0.6) is 5.75 Å². The number of piperazine rings is 1. The van der Waals surface area contributed by atoms with Gasteiger partial charge in [0.25, 0.3) is 5.91 Å². The van der Waals surface area contributed by atoms with E-state index in [1.165, 1.54) is 25.0 Å². The van der Waals surface area contributed by atoms with Crippen molar-refractivity contribution < 1.29 is 18.7 Å². The molecule has 0 saturated carbocycles. The van der Waals surface area contributed by atoms with Gasteiger partial charge in [0, 0.05) is 50.4 Å². The first kappa shape index (κ1) is 24.4. The summed E-state index contributed by atoms with van der Waals surface area (Å²) in [6.07, 6.45) is 3.40. The second kappa shape index (κ2) is 11.6. The third-order valence-electron chi connectivity index (χ3n) is 6.84. The molecule has 6 nitrogen and oxygen atoms in total. The smallest absolute Gasteiger partial charge is 0.253 e. The maximum atomic E-state index is 14.6. The van der Waals surface area contributed by atoms with E-state index < -0.39 is 5.82 Å². The van der Waals surface area contributed by atoms with E-state index in [2.05, 4.69) is 11.8 Å². The predicted molar refractivity (Wildman–Crippen MR) is 130 cm³/mol. The van der Waals surface area contributed by atoms with Crippen molar-refractivity contribution in [2.75, 3.05) is 52.4 Å². The van der Waals surface area contributed by atoms with Crippen LogP contribution in [0.2, 0.25) is 0 Å². The Hall–Kier alpha value is -2.77. The number of amides is 1. The third-order valence-corrected chi connectivity index (χ3v) is 6.84. The van der Waals surface area contributed by atoms with Crippen molar-refractivity contribution >= 4 is 11.7 Å². The van der Waals surface area contributed by atoms with Crippen molar-refractivity contribution in [1.29, 1.82) is 0 Å². The standard InChI is InChI=1S/C27H34FN3O3/c1-21-7-5-12-30(21)13-6-18-34-23-10-11-24(25(28)19-23)26(32)20-29-14-16-31(17-15-29)27(33)22-8-3-2-4-9-22/h2-4,8-11,19,21H,5-7,12-18,20H2,1H3. The molecule has 2 aliphatic rings. The molecule has 7 heteroatoms. The lowest BCUT2D eigenvalue weighted by Crippen LogP contribution is -2.49. The molecule has 0 aromatic heterocycles. The minimum Gasteiger partial charge on any atom is -0.493 e. The van der Waals surface area contributed by atoms with Gasteiger partial charge in [-0.25, -0.2) is 4.39 Å². The summed E-state index contributed by atoms with van der Waals surface area (Å²) in [6, 6.07) is 14.3. The van der Waals surface area contributed by atoms with Crippen LogP contribution >= 0.6 is 0 Å². The van der Waals surface area contributed by atoms with Crippen LogP contribution < -0.4 is 4.74 Å². The van der Waals surface area contributed by atoms with Crippen LogP contribution in [-0.4, -0.2) is 84.9 Å². The SMILES string of the molecule is CC1CCCN1CCCOc1ccc(C(=O)CN2CCN(C(=O)c3ccccc3)CC2)c(F)c1. The molecule has 1 unspecified atom stereocenters. The first-order chi connectivity index (χ1) is 16.5. The number of likely N-dealkylation sites (tertiary alicyclic amines) is 1. The Morgan fingerprint density at radius 2 is 1.79 bits per heavy atom. The van der Waals surface area contributed by atoms with Crippen LogP contribution in [0.1, 0.15) is 46.9 Å². The molecule has 2 saturated heterocycles. The minimum atomic E-state index is -0.548. The third kappa shape index (κ3) is 6.21. The fraction of sp³-hybridized carbons (Fsp3) is 0.481. The lowest BCUT2D eigenvalue weighted by Gasteiger charge is -2.34. The summed E-state index contributed by atoms with van der Waals surface area (Å²) >= 11 is 0. The molecule has 0 N–H and O–H groups in total. The molecule has 0 spiro atoms. The molecule has 2 aromatic carbocycles. The molecular formula is C27H34FN3O3. The van der Waals surface area contributed by atoms with Gasteiger partial charge >= 0.3 is 0 Å². The van der Waals surface area contributed by atoms with Gasteiger partial charge in [-0.2, -0.15) is 0 Å². The van der Waals surface area contributed by atoms with Crippen LogP contribution in [0.3, 0.4) is 0 Å². The lowest BCUT2D eigenvalue weighted by atomic mass is 10.1. The number of benzene rings is 2. The van der Waals surface area contributed by atoms with Gasteiger partial charge in [0.15, 0.2) is 5.78 Å². The van der Waals surface area contributed by atoms with E-state index in [0.717, 1.165) is 19.5 Å². The van der Waals surface area contributed by atoms with E-state index in [4.69, 9.17) is 4.74 Å². The Labute approximate surface area is 201 Å². The van der Waals surface area contributed by atoms with E-state index >= 15 is 0 Å². The molecule has 182 valence electrons. The second-order valence-corrected chi connectivity index (χ2v) is 9.23. The van der Waals surface area contributed by atoms with E-state index in [1.54, 1.807) is 11.0 Å². The highest BCUT2D eigenvalue weighted by atomic mass is 19.1. The Balaban J connectivity index is 1.21. The van der Waals surface area contributed by atoms with E-state index in [0.29, 0.717) is 50.1 Å². The molecule has 34 heavy (non-hydrogen) atoms. The summed E-state index contributed by atoms with van der Waals surface area (Å²) in [7, 11) is 0. The van der Waals surface area contributed by atoms with Crippen molar-refractivity contribution in [3.63, 3.8) is 0 Å². The highest BCUT2D eigenvalue weighted by molar-refractivity contribution is 5.98. The molecule has 2 aromatic rings. The summed E-state index contributed by atoms with van der Waals surface area (Å²) in [6.45, 7) is 7.32. The first-order valence-corrected chi connectivity index (χ1v) is 12.3. The van der Waals surface area contributed by atoms with Crippen molar-refractivity contribution in [3.05, 3.63) is 65.5 Å². The highest BCUT2D eigenvalue weighted by Gasteiger charge is 2.24. The number of carbonyl (C=O) groups excluding carboxylic acids is 2. The molecule has 2 heterocycles. The Morgan fingerprint density at radius 1 is 1.03 bits per heavy atom. The number of halogens is 1. The van der Waals surface area contributed by atoms with Gasteiger partial charge in [0.1, 0.15) is 11.6 Å². The van der Waals surface area contributed by atoms with Crippen molar-refractivity contribution in [2.45, 2.75) is 32.2 Å². The van der Waals surface area contributed by atoms with Gasteiger partial charge in [-0.15, -0.1) is 0 Å². The Morgan fingerprint density at radius 3 is 2.47 bits per heavy atom. The van der Waals surface area contributed by atoms with Crippen molar-refractivity contribution in [3.8, 4) is 5.75 Å². The van der Waals surface area contributed by atoms with E-state index in [1.807, 2.05) is 35.2 Å². The number of hydrogen-bond acceptors (Lipinski definition) is 5. The summed E-state index contributed by atoms with van der Waals surface area (Å²) < 4.78 is 20.3. The number of Topliss-reactive ketones (excluding diaryl/α,β-unsaturated/α-hetero) is 1. The average molecular weight is 468 g/mol. The molecule has 4 rings (SSSR count). The normalized spacial score (nSPS) is 19.4. The Bertz CT molecular complexity index is 976. The quantitative estimate of drug-likeness (QED) is 0.416. The van der Waals surface area contributed by atoms with Gasteiger partial charge in [-0.1, -0.05) is 18.2 Å². The van der Waals surface area contributed by atoms with E-state index in [9.17, 15) is 14.0 Å². The maximum Gasteiger partial charge on any atom is 0.253 e. The molecule has 2 fully saturated rings. The fourth-order valence-electron chi connectivity index (χ4n) is 4.75. The lowest BCUT2D eigenvalue weighted by molar-refractivity contribution is 0.0624. The van der Waals surface area contributed by atoms with Crippen molar-refractivity contribution in [2.24, 2.45) is 0 Å². The molecule has 2 aliphatic heterocycles. The molecule has 0 radical (unpaired) electrons. The predicted octanol–water partition coefficient (Wildman–Crippen LogP) is 3.72. The minimum absolute atomic E-state index is 0.00292. The van der Waals surface area contributed by atoms with Crippen LogP contribution in [-0.2, 0) is 0 Å². The molecule has 1 amide bonds. The summed E-state index contributed by atoms with van der Waals surface area (Å²) in [5.74, 6) is -0.344. The number of carbonyl (C=O) groups is 2. The summed E-state index contributed by atoms with van der Waals surface area (Å²) in [4.78, 5) is 31.5. The number of hydrogen-bond donors (Lipinski definition) is 0. The van der Waals surface area contributed by atoms with Crippen LogP contribution in [0.15, 0.2) is 48.5 Å². The molecule has 0 bridgehead atoms. The van der Waals surface area contributed by atoms with Crippen molar-refractivity contribution in [1.82, 2.24) is 14.7 Å². The summed E-state index contributed by atoms with van der Waals surface area (Å²) in [5, 5.41) is 0. The van der Waals surface area contributed by atoms with Crippen LogP contribution in [0.4, 0.5) is 4.39 Å². The second-order valence-electron chi connectivity index (χ2n) is 9.23.